The first-order valence-electron chi connectivity index (χ1n) is 13.0. The zero-order chi connectivity index (χ0) is 26.4. The van der Waals surface area contributed by atoms with Gasteiger partial charge in [-0.2, -0.15) is 10.4 Å². The van der Waals surface area contributed by atoms with Crippen molar-refractivity contribution in [3.8, 4) is 23.1 Å². The average Bonchev–Trinajstić information content (AvgIpc) is 3.48. The van der Waals surface area contributed by atoms with Gasteiger partial charge in [0.2, 0.25) is 0 Å². The van der Waals surface area contributed by atoms with E-state index in [1.165, 1.54) is 0 Å². The van der Waals surface area contributed by atoms with Crippen LogP contribution in [0.25, 0.3) is 16.8 Å². The van der Waals surface area contributed by atoms with Gasteiger partial charge in [-0.3, -0.25) is 14.9 Å². The SMILES string of the molecule is Cc1cnc(C)c(C(C)Oc2cc(-c3nnn(C4CCN(C5COC5)CC4)c3C)cn3ncc(C#N)c23)n1. The van der Waals surface area contributed by atoms with E-state index in [0.29, 0.717) is 28.9 Å². The molecule has 4 aromatic rings. The minimum absolute atomic E-state index is 0.311. The van der Waals surface area contributed by atoms with Gasteiger partial charge in [-0.25, -0.2) is 9.20 Å². The van der Waals surface area contributed by atoms with Crippen LogP contribution in [-0.4, -0.2) is 71.8 Å². The number of hydrogen-bond donors (Lipinski definition) is 0. The quantitative estimate of drug-likeness (QED) is 0.382. The van der Waals surface area contributed by atoms with Crippen LogP contribution in [0, 0.1) is 32.1 Å². The topological polar surface area (TPSA) is 119 Å². The van der Waals surface area contributed by atoms with Gasteiger partial charge in [0, 0.05) is 31.0 Å². The summed E-state index contributed by atoms with van der Waals surface area (Å²) in [5.74, 6) is 0.539. The molecule has 2 aliphatic heterocycles. The van der Waals surface area contributed by atoms with E-state index in [2.05, 4.69) is 48.0 Å². The Balaban J connectivity index is 1.32. The van der Waals surface area contributed by atoms with Gasteiger partial charge in [-0.05, 0) is 46.6 Å². The highest BCUT2D eigenvalue weighted by Gasteiger charge is 2.31. The van der Waals surface area contributed by atoms with Crippen molar-refractivity contribution in [3.63, 3.8) is 0 Å². The Morgan fingerprint density at radius 1 is 1.13 bits per heavy atom. The lowest BCUT2D eigenvalue weighted by Crippen LogP contribution is -2.52. The molecule has 0 amide bonds. The van der Waals surface area contributed by atoms with Crippen LogP contribution in [0.2, 0.25) is 0 Å². The van der Waals surface area contributed by atoms with Crippen molar-refractivity contribution < 1.29 is 9.47 Å². The molecular weight excluding hydrogens is 482 g/mol. The predicted octanol–water partition coefficient (Wildman–Crippen LogP) is 3.36. The van der Waals surface area contributed by atoms with Gasteiger partial charge in [-0.1, -0.05) is 5.21 Å². The molecule has 6 heterocycles. The monoisotopic (exact) mass is 513 g/mol. The van der Waals surface area contributed by atoms with Crippen LogP contribution in [0.3, 0.4) is 0 Å². The number of fused-ring (bicyclic) bond motifs is 1. The number of aryl methyl sites for hydroxylation is 2. The van der Waals surface area contributed by atoms with Crippen LogP contribution >= 0.6 is 0 Å². The second-order valence-corrected chi connectivity index (χ2v) is 10.2. The maximum Gasteiger partial charge on any atom is 0.148 e. The molecular formula is C27H31N9O2. The molecule has 11 heteroatoms. The van der Waals surface area contributed by atoms with Crippen molar-refractivity contribution in [3.05, 3.63) is 53.0 Å². The number of rotatable bonds is 6. The molecule has 0 aromatic carbocycles. The summed E-state index contributed by atoms with van der Waals surface area (Å²) < 4.78 is 15.6. The summed E-state index contributed by atoms with van der Waals surface area (Å²) in [6.07, 6.45) is 6.86. The molecule has 0 aliphatic carbocycles. The highest BCUT2D eigenvalue weighted by molar-refractivity contribution is 5.74. The van der Waals surface area contributed by atoms with E-state index in [-0.39, 0.29) is 6.10 Å². The molecule has 11 nitrogen and oxygen atoms in total. The van der Waals surface area contributed by atoms with Crippen LogP contribution in [-0.2, 0) is 4.74 Å². The van der Waals surface area contributed by atoms with Gasteiger partial charge in [-0.15, -0.1) is 5.10 Å². The lowest BCUT2D eigenvalue weighted by Gasteiger charge is -2.41. The molecule has 0 spiro atoms. The van der Waals surface area contributed by atoms with E-state index in [1.807, 2.05) is 33.0 Å². The summed E-state index contributed by atoms with van der Waals surface area (Å²) in [7, 11) is 0. The summed E-state index contributed by atoms with van der Waals surface area (Å²) in [4.78, 5) is 11.6. The molecule has 2 saturated heterocycles. The minimum atomic E-state index is -0.383. The molecule has 2 aliphatic rings. The Kier molecular flexibility index (Phi) is 6.29. The molecule has 196 valence electrons. The standard InChI is InChI=1S/C27H31N9O2/c1-16-11-29-17(2)25(31-16)19(4)38-24-9-20(13-35-27(24)21(10-28)12-30-35)26-18(3)36(33-32-26)22-5-7-34(8-6-22)23-14-37-15-23/h9,11-13,19,22-23H,5-8,14-15H2,1-4H3. The van der Waals surface area contributed by atoms with Crippen molar-refractivity contribution >= 4 is 5.52 Å². The maximum atomic E-state index is 9.71. The van der Waals surface area contributed by atoms with Crippen molar-refractivity contribution in [2.75, 3.05) is 26.3 Å². The van der Waals surface area contributed by atoms with Gasteiger partial charge < -0.3 is 9.47 Å². The number of hydrogen-bond acceptors (Lipinski definition) is 9. The molecule has 1 atom stereocenters. The van der Waals surface area contributed by atoms with Crippen molar-refractivity contribution in [1.82, 2.24) is 39.5 Å². The van der Waals surface area contributed by atoms with Crippen LogP contribution in [0.5, 0.6) is 5.75 Å². The summed E-state index contributed by atoms with van der Waals surface area (Å²) in [5, 5.41) is 23.3. The number of pyridine rings is 1. The largest absolute Gasteiger partial charge is 0.482 e. The minimum Gasteiger partial charge on any atom is -0.482 e. The Labute approximate surface area is 221 Å². The first-order valence-corrected chi connectivity index (χ1v) is 13.0. The first-order chi connectivity index (χ1) is 18.4. The lowest BCUT2D eigenvalue weighted by atomic mass is 10.0. The Hall–Kier alpha value is -3.88. The van der Waals surface area contributed by atoms with Gasteiger partial charge in [0.1, 0.15) is 40.4 Å². The van der Waals surface area contributed by atoms with E-state index >= 15 is 0 Å². The predicted molar refractivity (Wildman–Crippen MR) is 139 cm³/mol. The van der Waals surface area contributed by atoms with Gasteiger partial charge in [0.05, 0.1) is 48.6 Å². The second kappa shape index (κ2) is 9.78. The third-order valence-corrected chi connectivity index (χ3v) is 7.68. The molecule has 0 radical (unpaired) electrons. The molecule has 0 saturated carbocycles. The van der Waals surface area contributed by atoms with Crippen LogP contribution < -0.4 is 4.74 Å². The van der Waals surface area contributed by atoms with Crippen LogP contribution in [0.15, 0.2) is 24.7 Å². The summed E-state index contributed by atoms with van der Waals surface area (Å²) in [6.45, 7) is 11.6. The lowest BCUT2D eigenvalue weighted by molar-refractivity contribution is -0.0735. The summed E-state index contributed by atoms with van der Waals surface area (Å²) >= 11 is 0. The van der Waals surface area contributed by atoms with Crippen LogP contribution in [0.4, 0.5) is 0 Å². The number of ether oxygens (including phenoxy) is 2. The zero-order valence-corrected chi connectivity index (χ0v) is 22.1. The fourth-order valence-corrected chi connectivity index (χ4v) is 5.46. The van der Waals surface area contributed by atoms with E-state index in [1.54, 1.807) is 16.9 Å². The number of piperidine rings is 1. The fourth-order valence-electron chi connectivity index (χ4n) is 5.46. The normalized spacial score (nSPS) is 17.9. The van der Waals surface area contributed by atoms with E-state index < -0.39 is 0 Å². The molecule has 2 fully saturated rings. The Bertz CT molecular complexity index is 1520. The summed E-state index contributed by atoms with van der Waals surface area (Å²) in [6, 6.07) is 5.03. The van der Waals surface area contributed by atoms with E-state index in [9.17, 15) is 5.26 Å². The van der Waals surface area contributed by atoms with Crippen molar-refractivity contribution in [2.24, 2.45) is 0 Å². The van der Waals surface area contributed by atoms with Gasteiger partial charge in [0.25, 0.3) is 0 Å². The Morgan fingerprint density at radius 2 is 1.92 bits per heavy atom. The maximum absolute atomic E-state index is 9.71. The second-order valence-electron chi connectivity index (χ2n) is 10.2. The molecule has 4 aromatic heterocycles. The fraction of sp³-hybridized carbons (Fsp3) is 0.481. The number of nitrogens with zero attached hydrogens (tertiary/aromatic N) is 9. The smallest absolute Gasteiger partial charge is 0.148 e. The molecule has 1 unspecified atom stereocenters. The van der Waals surface area contributed by atoms with Gasteiger partial charge in [0.15, 0.2) is 0 Å². The van der Waals surface area contributed by atoms with E-state index in [4.69, 9.17) is 9.47 Å². The van der Waals surface area contributed by atoms with Crippen molar-refractivity contribution in [1.29, 1.82) is 5.26 Å². The molecule has 0 bridgehead atoms. The number of aromatic nitrogens is 7. The number of likely N-dealkylation sites (tertiary alicyclic amines) is 1. The molecule has 38 heavy (non-hydrogen) atoms. The van der Waals surface area contributed by atoms with Gasteiger partial charge >= 0.3 is 0 Å². The first kappa shape index (κ1) is 24.5. The Morgan fingerprint density at radius 3 is 2.63 bits per heavy atom. The van der Waals surface area contributed by atoms with Crippen molar-refractivity contribution in [2.45, 2.75) is 58.7 Å². The average molecular weight is 514 g/mol. The zero-order valence-electron chi connectivity index (χ0n) is 22.1. The number of nitriles is 1. The van der Waals surface area contributed by atoms with Crippen LogP contribution in [0.1, 0.15) is 60.3 Å². The molecule has 6 rings (SSSR count). The van der Waals surface area contributed by atoms with E-state index in [0.717, 1.165) is 73.2 Å². The molecule has 0 N–H and O–H groups in total. The highest BCUT2D eigenvalue weighted by atomic mass is 16.5. The third-order valence-electron chi connectivity index (χ3n) is 7.68. The summed E-state index contributed by atoms with van der Waals surface area (Å²) in [5.41, 5.74) is 6.04. The third kappa shape index (κ3) is 4.29. The highest BCUT2D eigenvalue weighted by Crippen LogP contribution is 2.35.